The Bertz CT molecular complexity index is 303. The van der Waals surface area contributed by atoms with E-state index >= 15 is 0 Å². The number of rotatable bonds is 3. The van der Waals surface area contributed by atoms with Crippen LogP contribution in [0.1, 0.15) is 26.7 Å². The molecule has 0 aliphatic carbocycles. The van der Waals surface area contributed by atoms with Crippen LogP contribution in [0.25, 0.3) is 0 Å². The van der Waals surface area contributed by atoms with E-state index in [0.29, 0.717) is 6.42 Å². The second-order valence-corrected chi connectivity index (χ2v) is 4.47. The van der Waals surface area contributed by atoms with Crippen molar-refractivity contribution in [3.05, 3.63) is 0 Å². The number of nitrogens with zero attached hydrogens (tertiary/aromatic N) is 1. The van der Waals surface area contributed by atoms with Crippen molar-refractivity contribution in [2.45, 2.75) is 44.4 Å². The SMILES string of the molecule is CCC(C)(N)C(=O)N1C[C@H](O)C[C@@H]1C(=O)O. The summed E-state index contributed by atoms with van der Waals surface area (Å²) in [5.41, 5.74) is 4.71. The van der Waals surface area contributed by atoms with Crippen molar-refractivity contribution < 1.29 is 19.8 Å². The van der Waals surface area contributed by atoms with Crippen LogP contribution in [-0.4, -0.2) is 51.2 Å². The van der Waals surface area contributed by atoms with Crippen LogP contribution in [0.5, 0.6) is 0 Å². The third-order valence-corrected chi connectivity index (χ3v) is 3.05. The molecule has 1 aliphatic rings. The van der Waals surface area contributed by atoms with E-state index in [-0.39, 0.29) is 13.0 Å². The molecule has 0 aromatic rings. The largest absolute Gasteiger partial charge is 0.480 e. The van der Waals surface area contributed by atoms with E-state index in [1.165, 1.54) is 0 Å². The van der Waals surface area contributed by atoms with Gasteiger partial charge in [-0.15, -0.1) is 0 Å². The van der Waals surface area contributed by atoms with Crippen LogP contribution < -0.4 is 5.73 Å². The number of carbonyl (C=O) groups excluding carboxylic acids is 1. The molecule has 1 aliphatic heterocycles. The monoisotopic (exact) mass is 230 g/mol. The van der Waals surface area contributed by atoms with E-state index in [1.54, 1.807) is 13.8 Å². The number of aliphatic carboxylic acids is 1. The van der Waals surface area contributed by atoms with Crippen LogP contribution in [0.3, 0.4) is 0 Å². The molecule has 3 atom stereocenters. The number of amides is 1. The van der Waals surface area contributed by atoms with E-state index in [1.807, 2.05) is 0 Å². The van der Waals surface area contributed by atoms with Gasteiger partial charge in [-0.3, -0.25) is 4.79 Å². The van der Waals surface area contributed by atoms with Crippen molar-refractivity contribution in [3.8, 4) is 0 Å². The first-order valence-corrected chi connectivity index (χ1v) is 5.30. The second-order valence-electron chi connectivity index (χ2n) is 4.47. The van der Waals surface area contributed by atoms with Gasteiger partial charge in [-0.25, -0.2) is 4.79 Å². The van der Waals surface area contributed by atoms with Crippen molar-refractivity contribution in [3.63, 3.8) is 0 Å². The number of carboxylic acid groups (broad SMARTS) is 1. The number of aliphatic hydroxyl groups excluding tert-OH is 1. The highest BCUT2D eigenvalue weighted by Gasteiger charge is 2.43. The minimum atomic E-state index is -1.10. The summed E-state index contributed by atoms with van der Waals surface area (Å²) in [6, 6.07) is -0.961. The van der Waals surface area contributed by atoms with Gasteiger partial charge in [0, 0.05) is 13.0 Å². The average molecular weight is 230 g/mol. The third-order valence-electron chi connectivity index (χ3n) is 3.05. The number of hydrogen-bond donors (Lipinski definition) is 3. The first-order valence-electron chi connectivity index (χ1n) is 5.30. The van der Waals surface area contributed by atoms with Gasteiger partial charge in [0.1, 0.15) is 6.04 Å². The first kappa shape index (κ1) is 12.9. The highest BCUT2D eigenvalue weighted by Crippen LogP contribution is 2.22. The Labute approximate surface area is 94.0 Å². The lowest BCUT2D eigenvalue weighted by atomic mass is 9.98. The molecule has 4 N–H and O–H groups in total. The van der Waals surface area contributed by atoms with Crippen LogP contribution in [0.4, 0.5) is 0 Å². The molecule has 16 heavy (non-hydrogen) atoms. The van der Waals surface area contributed by atoms with E-state index in [9.17, 15) is 14.7 Å². The molecule has 1 heterocycles. The predicted molar refractivity (Wildman–Crippen MR) is 56.6 cm³/mol. The molecule has 0 bridgehead atoms. The summed E-state index contributed by atoms with van der Waals surface area (Å²) in [4.78, 5) is 24.1. The summed E-state index contributed by atoms with van der Waals surface area (Å²) in [6.07, 6.45) is -0.288. The summed E-state index contributed by atoms with van der Waals surface area (Å²) in [7, 11) is 0. The van der Waals surface area contributed by atoms with Crippen molar-refractivity contribution in [1.29, 1.82) is 0 Å². The molecule has 0 radical (unpaired) electrons. The van der Waals surface area contributed by atoms with E-state index < -0.39 is 29.6 Å². The smallest absolute Gasteiger partial charge is 0.326 e. The molecule has 0 aromatic heterocycles. The zero-order valence-electron chi connectivity index (χ0n) is 9.51. The van der Waals surface area contributed by atoms with E-state index in [2.05, 4.69) is 0 Å². The lowest BCUT2D eigenvalue weighted by Gasteiger charge is -2.30. The minimum Gasteiger partial charge on any atom is -0.480 e. The van der Waals surface area contributed by atoms with Crippen LogP contribution in [0, 0.1) is 0 Å². The standard InChI is InChI=1S/C10H18N2O4/c1-3-10(2,11)9(16)12-5-6(13)4-7(12)8(14)15/h6-7,13H,3-5,11H2,1-2H3,(H,14,15)/t6-,7-,10?/m1/s1. The molecule has 0 saturated carbocycles. The number of nitrogens with two attached hydrogens (primary N) is 1. The molecule has 1 unspecified atom stereocenters. The molecule has 1 fully saturated rings. The molecule has 0 spiro atoms. The Hall–Kier alpha value is -1.14. The molecule has 1 rings (SSSR count). The molecule has 0 aromatic carbocycles. The average Bonchev–Trinajstić information content (AvgIpc) is 2.59. The fraction of sp³-hybridized carbons (Fsp3) is 0.800. The molecular formula is C10H18N2O4. The molecule has 1 amide bonds. The zero-order chi connectivity index (χ0) is 12.5. The van der Waals surface area contributed by atoms with Gasteiger partial charge in [-0.05, 0) is 13.3 Å². The maximum Gasteiger partial charge on any atom is 0.326 e. The normalized spacial score (nSPS) is 28.9. The lowest BCUT2D eigenvalue weighted by molar-refractivity contribution is -0.150. The number of likely N-dealkylation sites (tertiary alicyclic amines) is 1. The topological polar surface area (TPSA) is 104 Å². The van der Waals surface area contributed by atoms with Crippen molar-refractivity contribution >= 4 is 11.9 Å². The number of hydrogen-bond acceptors (Lipinski definition) is 4. The highest BCUT2D eigenvalue weighted by molar-refractivity contribution is 5.90. The molecule has 6 nitrogen and oxygen atoms in total. The van der Waals surface area contributed by atoms with E-state index in [0.717, 1.165) is 4.90 Å². The van der Waals surface area contributed by atoms with Crippen molar-refractivity contribution in [1.82, 2.24) is 4.90 Å². The Balaban J connectivity index is 2.86. The van der Waals surface area contributed by atoms with Gasteiger partial charge >= 0.3 is 5.97 Å². The zero-order valence-corrected chi connectivity index (χ0v) is 9.51. The van der Waals surface area contributed by atoms with Crippen LogP contribution in [0.15, 0.2) is 0 Å². The maximum absolute atomic E-state index is 12.0. The Kier molecular flexibility index (Phi) is 3.54. The highest BCUT2D eigenvalue weighted by atomic mass is 16.4. The predicted octanol–water partition coefficient (Wildman–Crippen LogP) is -0.840. The Morgan fingerprint density at radius 3 is 2.56 bits per heavy atom. The molecular weight excluding hydrogens is 212 g/mol. The number of carboxylic acids is 1. The van der Waals surface area contributed by atoms with Gasteiger partial charge in [-0.2, -0.15) is 0 Å². The minimum absolute atomic E-state index is 0.0442. The fourth-order valence-electron chi connectivity index (χ4n) is 1.75. The Morgan fingerprint density at radius 2 is 2.12 bits per heavy atom. The quantitative estimate of drug-likeness (QED) is 0.586. The lowest BCUT2D eigenvalue weighted by Crippen LogP contribution is -2.55. The first-order chi connectivity index (χ1) is 7.29. The summed E-state index contributed by atoms with van der Waals surface area (Å²) < 4.78 is 0. The van der Waals surface area contributed by atoms with Gasteiger partial charge in [0.2, 0.25) is 5.91 Å². The molecule has 92 valence electrons. The molecule has 1 saturated heterocycles. The van der Waals surface area contributed by atoms with Crippen LogP contribution >= 0.6 is 0 Å². The molecule has 6 heteroatoms. The van der Waals surface area contributed by atoms with Crippen molar-refractivity contribution in [2.75, 3.05) is 6.54 Å². The number of β-amino-alcohol motifs (C(OH)–C–C–N with tert-alkyl or cyclic N) is 1. The maximum atomic E-state index is 12.0. The second kappa shape index (κ2) is 4.39. The number of aliphatic hydroxyl groups is 1. The van der Waals surface area contributed by atoms with Crippen molar-refractivity contribution in [2.24, 2.45) is 5.73 Å². The van der Waals surface area contributed by atoms with Crippen LogP contribution in [-0.2, 0) is 9.59 Å². The van der Waals surface area contributed by atoms with Crippen LogP contribution in [0.2, 0.25) is 0 Å². The van der Waals surface area contributed by atoms with Gasteiger partial charge < -0.3 is 20.8 Å². The van der Waals surface area contributed by atoms with Gasteiger partial charge in [-0.1, -0.05) is 6.92 Å². The summed E-state index contributed by atoms with van der Waals surface area (Å²) in [6.45, 7) is 3.38. The summed E-state index contributed by atoms with van der Waals surface area (Å²) in [5.74, 6) is -1.52. The summed E-state index contributed by atoms with van der Waals surface area (Å²) in [5, 5.41) is 18.4. The summed E-state index contributed by atoms with van der Waals surface area (Å²) >= 11 is 0. The number of carbonyl (C=O) groups is 2. The van der Waals surface area contributed by atoms with Gasteiger partial charge in [0.05, 0.1) is 11.6 Å². The third kappa shape index (κ3) is 2.33. The van der Waals surface area contributed by atoms with E-state index in [4.69, 9.17) is 10.8 Å². The van der Waals surface area contributed by atoms with Gasteiger partial charge in [0.25, 0.3) is 0 Å². The fourth-order valence-corrected chi connectivity index (χ4v) is 1.75. The van der Waals surface area contributed by atoms with Gasteiger partial charge in [0.15, 0.2) is 0 Å². The Morgan fingerprint density at radius 1 is 1.56 bits per heavy atom.